The number of hydrogen-bond donors (Lipinski definition) is 1. The van der Waals surface area contributed by atoms with Crippen LogP contribution in [0.3, 0.4) is 0 Å². The summed E-state index contributed by atoms with van der Waals surface area (Å²) in [6.07, 6.45) is 1.85. The molecule has 0 fully saturated rings. The van der Waals surface area contributed by atoms with Gasteiger partial charge in [-0.3, -0.25) is 4.79 Å². The van der Waals surface area contributed by atoms with E-state index in [1.54, 1.807) is 12.3 Å². The minimum Gasteiger partial charge on any atom is -0.464 e. The highest BCUT2D eigenvalue weighted by Crippen LogP contribution is 2.25. The molecule has 0 atom stereocenters. The average molecular weight is 336 g/mol. The molecule has 0 unspecified atom stereocenters. The molecule has 1 aromatic heterocycles. The Kier molecular flexibility index (Phi) is 3.71. The van der Waals surface area contributed by atoms with Crippen LogP contribution in [0.15, 0.2) is 71.3 Å². The van der Waals surface area contributed by atoms with Crippen LogP contribution in [-0.4, -0.2) is 5.91 Å². The van der Waals surface area contributed by atoms with Crippen molar-refractivity contribution in [3.05, 3.63) is 77.5 Å². The van der Waals surface area contributed by atoms with Gasteiger partial charge in [-0.15, -0.1) is 0 Å². The highest BCUT2D eigenvalue weighted by Gasteiger charge is 2.11. The van der Waals surface area contributed by atoms with E-state index >= 15 is 0 Å². The highest BCUT2D eigenvalue weighted by atomic mass is 35.5. The molecule has 118 valence electrons. The molecule has 0 aliphatic rings. The number of carbonyl (C=O) groups is 1. The predicted molar refractivity (Wildman–Crippen MR) is 97.5 cm³/mol. The molecule has 3 nitrogen and oxygen atoms in total. The maximum Gasteiger partial charge on any atom is 0.228 e. The van der Waals surface area contributed by atoms with Crippen molar-refractivity contribution in [1.29, 1.82) is 0 Å². The van der Waals surface area contributed by atoms with Crippen LogP contribution in [0.1, 0.15) is 5.56 Å². The second-order valence-corrected chi connectivity index (χ2v) is 6.12. The fourth-order valence-electron chi connectivity index (χ4n) is 2.84. The van der Waals surface area contributed by atoms with E-state index in [1.165, 1.54) is 0 Å². The van der Waals surface area contributed by atoms with E-state index in [1.807, 2.05) is 54.6 Å². The van der Waals surface area contributed by atoms with Gasteiger partial charge in [-0.1, -0.05) is 41.9 Å². The Bertz CT molecular complexity index is 1050. The third-order valence-corrected chi connectivity index (χ3v) is 4.24. The summed E-state index contributed by atoms with van der Waals surface area (Å²) in [6, 6.07) is 19.3. The quantitative estimate of drug-likeness (QED) is 0.543. The lowest BCUT2D eigenvalue weighted by Gasteiger charge is -2.06. The lowest BCUT2D eigenvalue weighted by molar-refractivity contribution is -0.115. The lowest BCUT2D eigenvalue weighted by Crippen LogP contribution is -2.14. The molecule has 1 amide bonds. The van der Waals surface area contributed by atoms with Crippen molar-refractivity contribution in [3.63, 3.8) is 0 Å². The monoisotopic (exact) mass is 335 g/mol. The molecule has 4 rings (SSSR count). The van der Waals surface area contributed by atoms with Gasteiger partial charge < -0.3 is 9.73 Å². The van der Waals surface area contributed by atoms with Gasteiger partial charge in [-0.2, -0.15) is 0 Å². The first-order valence-corrected chi connectivity index (χ1v) is 8.01. The van der Waals surface area contributed by atoms with Crippen molar-refractivity contribution in [2.45, 2.75) is 6.42 Å². The third-order valence-electron chi connectivity index (χ3n) is 4.00. The lowest BCUT2D eigenvalue weighted by atomic mass is 10.1. The minimum absolute atomic E-state index is 0.0899. The van der Waals surface area contributed by atoms with Crippen LogP contribution >= 0.6 is 11.6 Å². The van der Waals surface area contributed by atoms with Gasteiger partial charge >= 0.3 is 0 Å². The number of nitrogens with one attached hydrogen (secondary N) is 1. The van der Waals surface area contributed by atoms with Crippen LogP contribution in [-0.2, 0) is 11.2 Å². The topological polar surface area (TPSA) is 42.2 Å². The number of furan rings is 1. The Morgan fingerprint density at radius 2 is 1.83 bits per heavy atom. The third kappa shape index (κ3) is 2.86. The molecule has 1 heterocycles. The molecule has 3 aromatic carbocycles. The molecule has 4 aromatic rings. The molecule has 0 saturated carbocycles. The zero-order valence-electron chi connectivity index (χ0n) is 12.8. The fraction of sp³-hybridized carbons (Fsp3) is 0.0500. The van der Waals surface area contributed by atoms with Crippen molar-refractivity contribution < 1.29 is 9.21 Å². The first kappa shape index (κ1) is 14.8. The van der Waals surface area contributed by atoms with Gasteiger partial charge in [0.15, 0.2) is 0 Å². The Morgan fingerprint density at radius 3 is 2.71 bits per heavy atom. The van der Waals surface area contributed by atoms with Crippen molar-refractivity contribution in [1.82, 2.24) is 0 Å². The number of halogens is 1. The molecular weight excluding hydrogens is 322 g/mol. The summed E-state index contributed by atoms with van der Waals surface area (Å²) in [4.78, 5) is 12.4. The summed E-state index contributed by atoms with van der Waals surface area (Å²) < 4.78 is 5.47. The Balaban J connectivity index is 1.55. The zero-order chi connectivity index (χ0) is 16.5. The van der Waals surface area contributed by atoms with E-state index in [2.05, 4.69) is 5.32 Å². The fourth-order valence-corrected chi connectivity index (χ4v) is 3.01. The molecule has 0 saturated heterocycles. The second-order valence-electron chi connectivity index (χ2n) is 5.69. The standard InChI is InChI=1S/C20H14ClNO2/c21-16-6-8-19-18(11-16)15(12-24-19)10-20(23)22-17-7-5-13-3-1-2-4-14(13)9-17/h1-9,11-12H,10H2,(H,22,23). The molecular formula is C20H14ClNO2. The number of anilines is 1. The SMILES string of the molecule is O=C(Cc1coc2ccc(Cl)cc12)Nc1ccc2ccccc2c1. The summed E-state index contributed by atoms with van der Waals surface area (Å²) in [5.74, 6) is -0.0899. The molecule has 0 bridgehead atoms. The molecule has 0 spiro atoms. The summed E-state index contributed by atoms with van der Waals surface area (Å²) >= 11 is 6.03. The largest absolute Gasteiger partial charge is 0.464 e. The van der Waals surface area contributed by atoms with Gasteiger partial charge in [0.05, 0.1) is 12.7 Å². The number of amides is 1. The highest BCUT2D eigenvalue weighted by molar-refractivity contribution is 6.31. The van der Waals surface area contributed by atoms with E-state index < -0.39 is 0 Å². The molecule has 24 heavy (non-hydrogen) atoms. The summed E-state index contributed by atoms with van der Waals surface area (Å²) in [7, 11) is 0. The summed E-state index contributed by atoms with van der Waals surface area (Å²) in [6.45, 7) is 0. The van der Waals surface area contributed by atoms with Gasteiger partial charge in [0.25, 0.3) is 0 Å². The van der Waals surface area contributed by atoms with E-state index in [9.17, 15) is 4.79 Å². The van der Waals surface area contributed by atoms with Crippen LogP contribution in [0.25, 0.3) is 21.7 Å². The number of carbonyl (C=O) groups excluding carboxylic acids is 1. The number of hydrogen-bond acceptors (Lipinski definition) is 2. The summed E-state index contributed by atoms with van der Waals surface area (Å²) in [5.41, 5.74) is 2.34. The van der Waals surface area contributed by atoms with Gasteiger partial charge in [-0.05, 0) is 41.1 Å². The Hall–Kier alpha value is -2.78. The maximum absolute atomic E-state index is 12.4. The van der Waals surface area contributed by atoms with Crippen LogP contribution < -0.4 is 5.32 Å². The van der Waals surface area contributed by atoms with E-state index in [-0.39, 0.29) is 12.3 Å². The van der Waals surface area contributed by atoms with E-state index in [4.69, 9.17) is 16.0 Å². The van der Waals surface area contributed by atoms with Gasteiger partial charge in [0.1, 0.15) is 5.58 Å². The molecule has 0 aliphatic heterocycles. The van der Waals surface area contributed by atoms with E-state index in [0.29, 0.717) is 5.02 Å². The van der Waals surface area contributed by atoms with Crippen molar-refractivity contribution in [2.75, 3.05) is 5.32 Å². The number of rotatable bonds is 3. The maximum atomic E-state index is 12.4. The van der Waals surface area contributed by atoms with Crippen LogP contribution in [0.5, 0.6) is 0 Å². The average Bonchev–Trinajstić information content (AvgIpc) is 2.97. The first-order valence-electron chi connectivity index (χ1n) is 7.63. The number of fused-ring (bicyclic) bond motifs is 2. The van der Waals surface area contributed by atoms with Gasteiger partial charge in [-0.25, -0.2) is 0 Å². The van der Waals surface area contributed by atoms with E-state index in [0.717, 1.165) is 33.0 Å². The number of benzene rings is 3. The molecule has 4 heteroatoms. The minimum atomic E-state index is -0.0899. The first-order chi connectivity index (χ1) is 11.7. The van der Waals surface area contributed by atoms with Crippen LogP contribution in [0.2, 0.25) is 5.02 Å². The zero-order valence-corrected chi connectivity index (χ0v) is 13.5. The van der Waals surface area contributed by atoms with Crippen LogP contribution in [0.4, 0.5) is 5.69 Å². The second kappa shape index (κ2) is 6.02. The molecule has 1 N–H and O–H groups in total. The van der Waals surface area contributed by atoms with Crippen molar-refractivity contribution in [3.8, 4) is 0 Å². The smallest absolute Gasteiger partial charge is 0.228 e. The van der Waals surface area contributed by atoms with Crippen LogP contribution in [0, 0.1) is 0 Å². The van der Waals surface area contributed by atoms with Gasteiger partial charge in [0, 0.05) is 21.7 Å². The Labute approximate surface area is 143 Å². The van der Waals surface area contributed by atoms with Crippen molar-refractivity contribution in [2.24, 2.45) is 0 Å². The summed E-state index contributed by atoms with van der Waals surface area (Å²) in [5, 5.41) is 6.67. The predicted octanol–water partition coefficient (Wildman–Crippen LogP) is 5.42. The Morgan fingerprint density at radius 1 is 1.00 bits per heavy atom. The molecule has 0 radical (unpaired) electrons. The van der Waals surface area contributed by atoms with Crippen molar-refractivity contribution >= 4 is 44.9 Å². The van der Waals surface area contributed by atoms with Gasteiger partial charge in [0.2, 0.25) is 5.91 Å². The molecule has 0 aliphatic carbocycles. The normalized spacial score (nSPS) is 11.0.